The molecule has 3 heteroatoms. The molecule has 0 unspecified atom stereocenters. The molecule has 0 atom stereocenters. The summed E-state index contributed by atoms with van der Waals surface area (Å²) in [5.74, 6) is -0.197. The first-order chi connectivity index (χ1) is 7.25. The quantitative estimate of drug-likeness (QED) is 0.804. The lowest BCUT2D eigenvalue weighted by molar-refractivity contribution is -0.121. The van der Waals surface area contributed by atoms with Crippen LogP contribution < -0.4 is 5.32 Å². The molecule has 0 radical (unpaired) electrons. The Hall–Kier alpha value is -1.38. The number of amides is 1. The normalized spacial score (nSPS) is 15.0. The maximum absolute atomic E-state index is 13.2. The van der Waals surface area contributed by atoms with Gasteiger partial charge in [-0.25, -0.2) is 4.39 Å². The lowest BCUT2D eigenvalue weighted by atomic mass is 10.1. The molecule has 1 amide bonds. The molecular weight excluding hydrogens is 193 g/mol. The molecule has 1 saturated carbocycles. The van der Waals surface area contributed by atoms with E-state index in [0.29, 0.717) is 24.4 Å². The second-order valence-electron chi connectivity index (χ2n) is 3.93. The molecule has 0 aliphatic heterocycles. The van der Waals surface area contributed by atoms with E-state index >= 15 is 0 Å². The SMILES string of the molecule is O=C(CCc1ccccc1F)NC1CC1. The highest BCUT2D eigenvalue weighted by molar-refractivity contribution is 5.76. The van der Waals surface area contributed by atoms with Crippen molar-refractivity contribution in [3.05, 3.63) is 35.6 Å². The first kappa shape index (κ1) is 10.1. The molecule has 0 heterocycles. The molecule has 1 fully saturated rings. The van der Waals surface area contributed by atoms with E-state index in [9.17, 15) is 9.18 Å². The zero-order valence-electron chi connectivity index (χ0n) is 8.50. The fourth-order valence-corrected chi connectivity index (χ4v) is 1.48. The summed E-state index contributed by atoms with van der Waals surface area (Å²) >= 11 is 0. The van der Waals surface area contributed by atoms with Crippen LogP contribution in [0.1, 0.15) is 24.8 Å². The van der Waals surface area contributed by atoms with Crippen LogP contribution in [-0.2, 0) is 11.2 Å². The molecule has 0 spiro atoms. The maximum Gasteiger partial charge on any atom is 0.220 e. The minimum absolute atomic E-state index is 0.0285. The molecular formula is C12H14FNO. The van der Waals surface area contributed by atoms with E-state index in [0.717, 1.165) is 12.8 Å². The molecule has 1 aromatic carbocycles. The van der Waals surface area contributed by atoms with Crippen molar-refractivity contribution in [1.29, 1.82) is 0 Å². The number of hydrogen-bond donors (Lipinski definition) is 1. The van der Waals surface area contributed by atoms with Crippen LogP contribution in [0.25, 0.3) is 0 Å². The maximum atomic E-state index is 13.2. The van der Waals surface area contributed by atoms with Crippen molar-refractivity contribution in [2.24, 2.45) is 0 Å². The first-order valence-corrected chi connectivity index (χ1v) is 5.28. The van der Waals surface area contributed by atoms with Gasteiger partial charge in [-0.2, -0.15) is 0 Å². The van der Waals surface area contributed by atoms with Crippen molar-refractivity contribution in [2.75, 3.05) is 0 Å². The summed E-state index contributed by atoms with van der Waals surface area (Å²) < 4.78 is 13.2. The Kier molecular flexibility index (Phi) is 2.99. The molecule has 1 aliphatic rings. The van der Waals surface area contributed by atoms with E-state index in [1.807, 2.05) is 0 Å². The molecule has 2 nitrogen and oxygen atoms in total. The number of nitrogens with one attached hydrogen (secondary N) is 1. The van der Waals surface area contributed by atoms with Crippen molar-refractivity contribution in [3.8, 4) is 0 Å². The van der Waals surface area contributed by atoms with Crippen molar-refractivity contribution >= 4 is 5.91 Å². The average Bonchev–Trinajstić information content (AvgIpc) is 3.00. The number of hydrogen-bond acceptors (Lipinski definition) is 1. The summed E-state index contributed by atoms with van der Waals surface area (Å²) in [5, 5.41) is 2.88. The number of benzene rings is 1. The van der Waals surface area contributed by atoms with Crippen LogP contribution in [0.4, 0.5) is 4.39 Å². The monoisotopic (exact) mass is 207 g/mol. The zero-order chi connectivity index (χ0) is 10.7. The lowest BCUT2D eigenvalue weighted by Gasteiger charge is -2.04. The molecule has 1 aromatic rings. The van der Waals surface area contributed by atoms with E-state index in [-0.39, 0.29) is 11.7 Å². The highest BCUT2D eigenvalue weighted by Gasteiger charge is 2.22. The Morgan fingerprint density at radius 2 is 2.13 bits per heavy atom. The third-order valence-corrected chi connectivity index (χ3v) is 2.52. The molecule has 80 valence electrons. The van der Waals surface area contributed by atoms with Crippen LogP contribution in [-0.4, -0.2) is 11.9 Å². The van der Waals surface area contributed by atoms with Crippen molar-refractivity contribution in [1.82, 2.24) is 5.32 Å². The van der Waals surface area contributed by atoms with Crippen LogP contribution in [0.2, 0.25) is 0 Å². The number of carbonyl (C=O) groups is 1. The standard InChI is InChI=1S/C12H14FNO/c13-11-4-2-1-3-9(11)5-8-12(15)14-10-6-7-10/h1-4,10H,5-8H2,(H,14,15). The third kappa shape index (κ3) is 3.05. The molecule has 2 rings (SSSR count). The van der Waals surface area contributed by atoms with E-state index in [1.165, 1.54) is 6.07 Å². The van der Waals surface area contributed by atoms with Crippen LogP contribution in [0.5, 0.6) is 0 Å². The predicted molar refractivity (Wildman–Crippen MR) is 55.9 cm³/mol. The predicted octanol–water partition coefficient (Wildman–Crippen LogP) is 2.04. The molecule has 0 saturated heterocycles. The van der Waals surface area contributed by atoms with Crippen LogP contribution in [0, 0.1) is 5.82 Å². The minimum atomic E-state index is -0.225. The zero-order valence-corrected chi connectivity index (χ0v) is 8.50. The third-order valence-electron chi connectivity index (χ3n) is 2.52. The average molecular weight is 207 g/mol. The summed E-state index contributed by atoms with van der Waals surface area (Å²) in [6, 6.07) is 6.98. The van der Waals surface area contributed by atoms with Gasteiger partial charge >= 0.3 is 0 Å². The summed E-state index contributed by atoms with van der Waals surface area (Å²) in [4.78, 5) is 11.3. The van der Waals surface area contributed by atoms with Crippen molar-refractivity contribution in [2.45, 2.75) is 31.7 Å². The molecule has 15 heavy (non-hydrogen) atoms. The van der Waals surface area contributed by atoms with Crippen molar-refractivity contribution in [3.63, 3.8) is 0 Å². The summed E-state index contributed by atoms with van der Waals surface area (Å²) in [6.07, 6.45) is 3.03. The van der Waals surface area contributed by atoms with Gasteiger partial charge in [0.25, 0.3) is 0 Å². The highest BCUT2D eigenvalue weighted by Crippen LogP contribution is 2.19. The van der Waals surface area contributed by atoms with E-state index < -0.39 is 0 Å². The summed E-state index contributed by atoms with van der Waals surface area (Å²) in [6.45, 7) is 0. The van der Waals surface area contributed by atoms with Crippen LogP contribution >= 0.6 is 0 Å². The number of rotatable bonds is 4. The second-order valence-corrected chi connectivity index (χ2v) is 3.93. The highest BCUT2D eigenvalue weighted by atomic mass is 19.1. The molecule has 1 aliphatic carbocycles. The number of halogens is 1. The fraction of sp³-hybridized carbons (Fsp3) is 0.417. The van der Waals surface area contributed by atoms with E-state index in [1.54, 1.807) is 18.2 Å². The lowest BCUT2D eigenvalue weighted by Crippen LogP contribution is -2.25. The van der Waals surface area contributed by atoms with Gasteiger partial charge in [0.1, 0.15) is 5.82 Å². The van der Waals surface area contributed by atoms with Gasteiger partial charge in [0, 0.05) is 12.5 Å². The first-order valence-electron chi connectivity index (χ1n) is 5.28. The molecule has 0 bridgehead atoms. The van der Waals surface area contributed by atoms with Gasteiger partial charge in [-0.15, -0.1) is 0 Å². The van der Waals surface area contributed by atoms with Gasteiger partial charge in [0.05, 0.1) is 0 Å². The molecule has 1 N–H and O–H groups in total. The Morgan fingerprint density at radius 1 is 1.40 bits per heavy atom. The van der Waals surface area contributed by atoms with E-state index in [2.05, 4.69) is 5.32 Å². The summed E-state index contributed by atoms with van der Waals surface area (Å²) in [7, 11) is 0. The van der Waals surface area contributed by atoms with Gasteiger partial charge in [0.15, 0.2) is 0 Å². The minimum Gasteiger partial charge on any atom is -0.353 e. The Labute approximate surface area is 88.5 Å². The Balaban J connectivity index is 1.81. The van der Waals surface area contributed by atoms with Gasteiger partial charge < -0.3 is 5.32 Å². The Morgan fingerprint density at radius 3 is 2.80 bits per heavy atom. The topological polar surface area (TPSA) is 29.1 Å². The largest absolute Gasteiger partial charge is 0.353 e. The smallest absolute Gasteiger partial charge is 0.220 e. The molecule has 0 aromatic heterocycles. The van der Waals surface area contributed by atoms with Gasteiger partial charge in [-0.1, -0.05) is 18.2 Å². The fourth-order valence-electron chi connectivity index (χ4n) is 1.48. The Bertz CT molecular complexity index is 360. The van der Waals surface area contributed by atoms with Crippen LogP contribution in [0.15, 0.2) is 24.3 Å². The summed E-state index contributed by atoms with van der Waals surface area (Å²) in [5.41, 5.74) is 0.614. The second kappa shape index (κ2) is 4.43. The van der Waals surface area contributed by atoms with Crippen molar-refractivity contribution < 1.29 is 9.18 Å². The van der Waals surface area contributed by atoms with Gasteiger partial charge in [0.2, 0.25) is 5.91 Å². The number of carbonyl (C=O) groups excluding carboxylic acids is 1. The van der Waals surface area contributed by atoms with E-state index in [4.69, 9.17) is 0 Å². The van der Waals surface area contributed by atoms with Crippen LogP contribution in [0.3, 0.4) is 0 Å². The van der Waals surface area contributed by atoms with Gasteiger partial charge in [-0.05, 0) is 30.9 Å². The van der Waals surface area contributed by atoms with Gasteiger partial charge in [-0.3, -0.25) is 4.79 Å². The number of aryl methyl sites for hydroxylation is 1.